The van der Waals surface area contributed by atoms with Gasteiger partial charge >= 0.3 is 12.0 Å². The van der Waals surface area contributed by atoms with Gasteiger partial charge in [0.05, 0.1) is 0 Å². The molecule has 1 aliphatic heterocycles. The Bertz CT molecular complexity index is 429. The number of hydrogen-bond acceptors (Lipinski definition) is 6. The largest absolute Gasteiger partial charge is 0.476 e. The van der Waals surface area contributed by atoms with E-state index >= 15 is 0 Å². The van der Waals surface area contributed by atoms with E-state index in [-0.39, 0.29) is 16.7 Å². The number of amides is 2. The van der Waals surface area contributed by atoms with Crippen LogP contribution in [0.4, 0.5) is 9.80 Å². The molecule has 0 saturated carbocycles. The van der Waals surface area contributed by atoms with Crippen LogP contribution in [0.5, 0.6) is 0 Å². The molecule has 0 spiro atoms. The lowest BCUT2D eigenvalue weighted by Crippen LogP contribution is -2.48. The van der Waals surface area contributed by atoms with Crippen molar-refractivity contribution in [1.29, 1.82) is 0 Å². The first-order valence-electron chi connectivity index (χ1n) is 5.01. The zero-order chi connectivity index (χ0) is 12.3. The average Bonchev–Trinajstić information content (AvgIpc) is 2.78. The van der Waals surface area contributed by atoms with Crippen LogP contribution >= 0.6 is 11.5 Å². The minimum Gasteiger partial charge on any atom is -0.476 e. The van der Waals surface area contributed by atoms with Crippen molar-refractivity contribution in [3.05, 3.63) is 5.69 Å². The van der Waals surface area contributed by atoms with Gasteiger partial charge in [0, 0.05) is 37.7 Å². The summed E-state index contributed by atoms with van der Waals surface area (Å²) in [5.41, 5.74) is -0.224. The maximum Gasteiger partial charge on any atom is 0.359 e. The minimum absolute atomic E-state index is 0.168. The molecule has 2 rings (SSSR count). The number of carboxylic acids is 1. The van der Waals surface area contributed by atoms with Crippen molar-refractivity contribution in [2.45, 2.75) is 0 Å². The molecule has 17 heavy (non-hydrogen) atoms. The van der Waals surface area contributed by atoms with Gasteiger partial charge in [-0.15, -0.1) is 5.10 Å². The molecular weight excluding hydrogens is 246 g/mol. The number of anilines is 1. The summed E-state index contributed by atoms with van der Waals surface area (Å²) in [5.74, 6) is -1.20. The second-order valence-electron chi connectivity index (χ2n) is 3.42. The van der Waals surface area contributed by atoms with E-state index in [9.17, 15) is 9.59 Å². The number of urea groups is 1. The van der Waals surface area contributed by atoms with Crippen LogP contribution in [0.3, 0.4) is 0 Å². The fraction of sp³-hybridized carbons (Fsp3) is 0.500. The minimum atomic E-state index is -1.20. The molecule has 92 valence electrons. The molecule has 1 aromatic rings. The Morgan fingerprint density at radius 3 is 2.76 bits per heavy atom. The van der Waals surface area contributed by atoms with E-state index in [1.165, 1.54) is 0 Å². The molecule has 2 heterocycles. The molecule has 9 heteroatoms. The molecule has 0 bridgehead atoms. The summed E-state index contributed by atoms with van der Waals surface area (Å²) in [4.78, 5) is 24.2. The fourth-order valence-corrected chi connectivity index (χ4v) is 2.01. The lowest BCUT2D eigenvalue weighted by Gasteiger charge is -2.27. The number of aromatic nitrogens is 2. The Morgan fingerprint density at radius 2 is 2.12 bits per heavy atom. The number of nitrogens with one attached hydrogen (secondary N) is 2. The summed E-state index contributed by atoms with van der Waals surface area (Å²) < 4.78 is 3.51. The fourth-order valence-electron chi connectivity index (χ4n) is 1.46. The lowest BCUT2D eigenvalue weighted by molar-refractivity contribution is 0.0691. The van der Waals surface area contributed by atoms with Crippen molar-refractivity contribution in [3.63, 3.8) is 0 Å². The number of aromatic carboxylic acids is 1. The smallest absolute Gasteiger partial charge is 0.359 e. The Labute approximate surface area is 101 Å². The highest BCUT2D eigenvalue weighted by atomic mass is 32.1. The number of carbonyl (C=O) groups excluding carboxylic acids is 1. The van der Waals surface area contributed by atoms with Crippen molar-refractivity contribution in [1.82, 2.24) is 19.8 Å². The van der Waals surface area contributed by atoms with Gasteiger partial charge in [0.15, 0.2) is 5.00 Å². The van der Waals surface area contributed by atoms with Crippen molar-refractivity contribution >= 4 is 28.5 Å². The molecule has 0 aromatic carbocycles. The van der Waals surface area contributed by atoms with E-state index in [1.54, 1.807) is 4.90 Å². The van der Waals surface area contributed by atoms with Crippen molar-refractivity contribution < 1.29 is 14.7 Å². The SMILES string of the molecule is O=C(O)c1nnsc1NC(=O)N1CCNCC1. The first-order valence-corrected chi connectivity index (χ1v) is 5.78. The standard InChI is InChI=1S/C8H11N5O3S/c14-7(15)5-6(17-12-11-5)10-8(16)13-3-1-9-2-4-13/h9H,1-4H2,(H,10,16)(H,14,15). The second kappa shape index (κ2) is 5.06. The third-order valence-corrected chi connectivity index (χ3v) is 2.96. The number of hydrogen-bond donors (Lipinski definition) is 3. The number of carbonyl (C=O) groups is 2. The van der Waals surface area contributed by atoms with E-state index in [0.717, 1.165) is 24.6 Å². The van der Waals surface area contributed by atoms with Crippen LogP contribution in [-0.2, 0) is 0 Å². The Balaban J connectivity index is 2.02. The molecule has 0 radical (unpaired) electrons. The average molecular weight is 257 g/mol. The monoisotopic (exact) mass is 257 g/mol. The zero-order valence-electron chi connectivity index (χ0n) is 8.84. The highest BCUT2D eigenvalue weighted by molar-refractivity contribution is 7.10. The van der Waals surface area contributed by atoms with Gasteiger partial charge in [0.2, 0.25) is 5.69 Å². The molecule has 3 N–H and O–H groups in total. The molecule has 0 atom stereocenters. The predicted molar refractivity (Wildman–Crippen MR) is 60.3 cm³/mol. The topological polar surface area (TPSA) is 107 Å². The van der Waals surface area contributed by atoms with Gasteiger partial charge in [-0.25, -0.2) is 9.59 Å². The quantitative estimate of drug-likeness (QED) is 0.670. The van der Waals surface area contributed by atoms with Gasteiger partial charge in [-0.05, 0) is 0 Å². The first kappa shape index (κ1) is 11.7. The van der Waals surface area contributed by atoms with E-state index in [4.69, 9.17) is 5.11 Å². The summed E-state index contributed by atoms with van der Waals surface area (Å²) in [7, 11) is 0. The summed E-state index contributed by atoms with van der Waals surface area (Å²) in [5, 5.41) is 18.0. The number of nitrogens with zero attached hydrogens (tertiary/aromatic N) is 3. The van der Waals surface area contributed by atoms with Crippen LogP contribution in [0.2, 0.25) is 0 Å². The molecule has 1 saturated heterocycles. The molecule has 0 aliphatic carbocycles. The molecule has 2 amide bonds. The molecular formula is C8H11N5O3S. The van der Waals surface area contributed by atoms with Gasteiger partial charge in [-0.2, -0.15) is 0 Å². The molecule has 8 nitrogen and oxygen atoms in total. The van der Waals surface area contributed by atoms with Gasteiger partial charge in [-0.1, -0.05) is 4.49 Å². The molecule has 0 unspecified atom stereocenters. The number of rotatable bonds is 2. The van der Waals surface area contributed by atoms with Gasteiger partial charge in [0.25, 0.3) is 0 Å². The second-order valence-corrected chi connectivity index (χ2v) is 4.18. The van der Waals surface area contributed by atoms with E-state index in [2.05, 4.69) is 20.2 Å². The van der Waals surface area contributed by atoms with Crippen LogP contribution in [0.1, 0.15) is 10.5 Å². The van der Waals surface area contributed by atoms with E-state index < -0.39 is 5.97 Å². The van der Waals surface area contributed by atoms with Crippen molar-refractivity contribution in [2.24, 2.45) is 0 Å². The third-order valence-electron chi connectivity index (χ3n) is 2.32. The maximum absolute atomic E-state index is 11.8. The third kappa shape index (κ3) is 2.68. The lowest BCUT2D eigenvalue weighted by atomic mass is 10.4. The van der Waals surface area contributed by atoms with Crippen LogP contribution in [0.15, 0.2) is 0 Å². The Morgan fingerprint density at radius 1 is 1.41 bits per heavy atom. The van der Waals surface area contributed by atoms with Crippen LogP contribution in [0, 0.1) is 0 Å². The molecule has 1 fully saturated rings. The maximum atomic E-state index is 11.8. The Hall–Kier alpha value is -1.74. The van der Waals surface area contributed by atoms with Crippen LogP contribution in [0.25, 0.3) is 0 Å². The summed E-state index contributed by atoms with van der Waals surface area (Å²) in [6.45, 7) is 2.67. The highest BCUT2D eigenvalue weighted by Gasteiger charge is 2.21. The summed E-state index contributed by atoms with van der Waals surface area (Å²) >= 11 is 0.854. The van der Waals surface area contributed by atoms with Gasteiger partial charge < -0.3 is 15.3 Å². The summed E-state index contributed by atoms with van der Waals surface area (Å²) in [6, 6.07) is -0.319. The Kier molecular flexibility index (Phi) is 3.49. The number of carboxylic acid groups (broad SMARTS) is 1. The first-order chi connectivity index (χ1) is 8.18. The predicted octanol–water partition coefficient (Wildman–Crippen LogP) is -0.327. The van der Waals surface area contributed by atoms with Crippen LogP contribution < -0.4 is 10.6 Å². The van der Waals surface area contributed by atoms with Gasteiger partial charge in [0.1, 0.15) is 0 Å². The summed E-state index contributed by atoms with van der Waals surface area (Å²) in [6.07, 6.45) is 0. The van der Waals surface area contributed by atoms with Crippen molar-refractivity contribution in [2.75, 3.05) is 31.5 Å². The van der Waals surface area contributed by atoms with E-state index in [0.29, 0.717) is 13.1 Å². The highest BCUT2D eigenvalue weighted by Crippen LogP contribution is 2.18. The van der Waals surface area contributed by atoms with Crippen LogP contribution in [-0.4, -0.2) is 57.8 Å². The normalized spacial score (nSPS) is 15.6. The van der Waals surface area contributed by atoms with Gasteiger partial charge in [-0.3, -0.25) is 5.32 Å². The zero-order valence-corrected chi connectivity index (χ0v) is 9.66. The van der Waals surface area contributed by atoms with Crippen molar-refractivity contribution in [3.8, 4) is 0 Å². The van der Waals surface area contributed by atoms with E-state index in [1.807, 2.05) is 0 Å². The number of piperazine rings is 1. The molecule has 1 aliphatic rings. The molecule has 1 aromatic heterocycles.